The normalized spacial score (nSPS) is 17.1. The summed E-state index contributed by atoms with van der Waals surface area (Å²) in [5, 5.41) is 0. The molecule has 0 aromatic heterocycles. The topological polar surface area (TPSA) is 20.3 Å². The molecule has 1 aromatic rings. The van der Waals surface area contributed by atoms with Gasteiger partial charge in [0.05, 0.1) is 0 Å². The van der Waals surface area contributed by atoms with Crippen LogP contribution in [0.15, 0.2) is 36.4 Å². The first-order valence-electron chi connectivity index (χ1n) is 11.1. The van der Waals surface area contributed by atoms with Gasteiger partial charge in [-0.1, -0.05) is 63.1 Å². The van der Waals surface area contributed by atoms with Gasteiger partial charge in [-0.25, -0.2) is 0 Å². The molecule has 1 aliphatic rings. The predicted molar refractivity (Wildman–Crippen MR) is 116 cm³/mol. The van der Waals surface area contributed by atoms with E-state index in [1.54, 1.807) is 0 Å². The van der Waals surface area contributed by atoms with E-state index in [4.69, 9.17) is 0 Å². The third-order valence-electron chi connectivity index (χ3n) is 5.81. The Morgan fingerprint density at radius 1 is 1.07 bits per heavy atom. The highest BCUT2D eigenvalue weighted by atomic mass is 16.1. The van der Waals surface area contributed by atoms with Crippen LogP contribution in [0, 0.1) is 5.92 Å². The molecule has 150 valence electrons. The van der Waals surface area contributed by atoms with Gasteiger partial charge in [-0.05, 0) is 68.7 Å². The second kappa shape index (κ2) is 12.9. The van der Waals surface area contributed by atoms with Crippen LogP contribution < -0.4 is 0 Å². The number of Topliss-reactive ketones (excluding diaryl/α,β-unsaturated/α-hetero) is 1. The van der Waals surface area contributed by atoms with Crippen LogP contribution in [0.2, 0.25) is 0 Å². The summed E-state index contributed by atoms with van der Waals surface area (Å²) in [6.07, 6.45) is 15.4. The van der Waals surface area contributed by atoms with E-state index in [1.165, 1.54) is 49.9 Å². The van der Waals surface area contributed by atoms with Gasteiger partial charge in [0.15, 0.2) is 0 Å². The zero-order chi connectivity index (χ0) is 19.3. The van der Waals surface area contributed by atoms with E-state index in [0.29, 0.717) is 24.5 Å². The minimum absolute atomic E-state index is 0.386. The van der Waals surface area contributed by atoms with Crippen molar-refractivity contribution in [1.82, 2.24) is 4.90 Å². The molecule has 1 unspecified atom stereocenters. The van der Waals surface area contributed by atoms with E-state index < -0.39 is 0 Å². The fourth-order valence-corrected chi connectivity index (χ4v) is 4.04. The number of nitrogens with zero attached hydrogens (tertiary/aromatic N) is 1. The maximum atomic E-state index is 12.2. The molecule has 1 atom stereocenters. The molecule has 0 saturated carbocycles. The number of allylic oxidation sites excluding steroid dienone is 1. The summed E-state index contributed by atoms with van der Waals surface area (Å²) in [5.74, 6) is 0.949. The van der Waals surface area contributed by atoms with Crippen molar-refractivity contribution in [2.24, 2.45) is 5.92 Å². The summed E-state index contributed by atoms with van der Waals surface area (Å²) < 4.78 is 0. The highest BCUT2D eigenvalue weighted by Crippen LogP contribution is 2.18. The number of aryl methyl sites for hydroxylation is 1. The van der Waals surface area contributed by atoms with Crippen molar-refractivity contribution in [1.29, 1.82) is 0 Å². The van der Waals surface area contributed by atoms with Crippen molar-refractivity contribution >= 4 is 5.78 Å². The molecule has 1 aromatic carbocycles. The van der Waals surface area contributed by atoms with Crippen molar-refractivity contribution < 1.29 is 4.79 Å². The van der Waals surface area contributed by atoms with Crippen LogP contribution in [0.4, 0.5) is 0 Å². The van der Waals surface area contributed by atoms with Gasteiger partial charge in [0, 0.05) is 19.4 Å². The molecule has 1 saturated heterocycles. The van der Waals surface area contributed by atoms with Crippen LogP contribution in [-0.4, -0.2) is 30.3 Å². The van der Waals surface area contributed by atoms with Crippen molar-refractivity contribution in [3.63, 3.8) is 0 Å². The lowest BCUT2D eigenvalue weighted by Crippen LogP contribution is -2.25. The number of hydrogen-bond donors (Lipinski definition) is 0. The third-order valence-corrected chi connectivity index (χ3v) is 5.81. The molecule has 27 heavy (non-hydrogen) atoms. The fraction of sp³-hybridized carbons (Fsp3) is 0.640. The van der Waals surface area contributed by atoms with Crippen molar-refractivity contribution in [2.75, 3.05) is 19.6 Å². The summed E-state index contributed by atoms with van der Waals surface area (Å²) in [7, 11) is 0. The van der Waals surface area contributed by atoms with Gasteiger partial charge in [-0.15, -0.1) is 0 Å². The molecule has 0 N–H and O–H groups in total. The van der Waals surface area contributed by atoms with E-state index in [2.05, 4.69) is 55.2 Å². The van der Waals surface area contributed by atoms with Crippen LogP contribution in [0.5, 0.6) is 0 Å². The highest BCUT2D eigenvalue weighted by Gasteiger charge is 2.10. The molecule has 0 radical (unpaired) electrons. The molecule has 0 amide bonds. The van der Waals surface area contributed by atoms with E-state index in [9.17, 15) is 4.79 Å². The van der Waals surface area contributed by atoms with Gasteiger partial charge < -0.3 is 4.90 Å². The summed E-state index contributed by atoms with van der Waals surface area (Å²) in [6, 6.07) is 8.71. The predicted octanol–water partition coefficient (Wildman–Crippen LogP) is 5.99. The van der Waals surface area contributed by atoms with Gasteiger partial charge in [0.25, 0.3) is 0 Å². The van der Waals surface area contributed by atoms with Gasteiger partial charge >= 0.3 is 0 Å². The van der Waals surface area contributed by atoms with Crippen LogP contribution in [0.3, 0.4) is 0 Å². The Labute approximate surface area is 167 Å². The standard InChI is InChI=1S/C25H39NO/c1-3-23-13-8-9-14-24(23)21-22(2)16-17-25(27)15-7-6-12-20-26-18-10-4-5-11-19-26/h6-9,13-14,22H,3-5,10-12,15-21H2,1-2H3/b7-6+. The molecule has 1 fully saturated rings. The second-order valence-electron chi connectivity index (χ2n) is 8.23. The van der Waals surface area contributed by atoms with E-state index in [1.807, 2.05) is 0 Å². The zero-order valence-electron chi connectivity index (χ0n) is 17.6. The number of benzene rings is 1. The smallest absolute Gasteiger partial charge is 0.136 e. The van der Waals surface area contributed by atoms with Gasteiger partial charge in [-0.3, -0.25) is 4.79 Å². The Kier molecular flexibility index (Phi) is 10.4. The summed E-state index contributed by atoms with van der Waals surface area (Å²) >= 11 is 0. The van der Waals surface area contributed by atoms with Gasteiger partial charge in [-0.2, -0.15) is 0 Å². The van der Waals surface area contributed by atoms with Gasteiger partial charge in [0.1, 0.15) is 5.78 Å². The first-order chi connectivity index (χ1) is 13.2. The molecule has 0 aliphatic carbocycles. The third kappa shape index (κ3) is 8.88. The Bertz CT molecular complexity index is 569. The molecule has 0 bridgehead atoms. The van der Waals surface area contributed by atoms with Crippen molar-refractivity contribution in [3.8, 4) is 0 Å². The van der Waals surface area contributed by atoms with Crippen LogP contribution in [0.1, 0.15) is 76.3 Å². The second-order valence-corrected chi connectivity index (χ2v) is 8.23. The number of hydrogen-bond acceptors (Lipinski definition) is 2. The highest BCUT2D eigenvalue weighted by molar-refractivity contribution is 5.79. The SMILES string of the molecule is CCc1ccccc1CC(C)CCC(=O)C/C=C/CCN1CCCCCC1. The Morgan fingerprint density at radius 3 is 2.48 bits per heavy atom. The first-order valence-corrected chi connectivity index (χ1v) is 11.1. The van der Waals surface area contributed by atoms with Crippen molar-refractivity contribution in [2.45, 2.75) is 78.1 Å². The average molecular weight is 370 g/mol. The van der Waals surface area contributed by atoms with Crippen LogP contribution in [-0.2, 0) is 17.6 Å². The molecule has 2 rings (SSSR count). The fourth-order valence-electron chi connectivity index (χ4n) is 4.04. The summed E-state index contributed by atoms with van der Waals surface area (Å²) in [6.45, 7) is 8.15. The number of rotatable bonds is 11. The van der Waals surface area contributed by atoms with Gasteiger partial charge in [0.2, 0.25) is 0 Å². The maximum absolute atomic E-state index is 12.2. The Hall–Kier alpha value is -1.41. The van der Waals surface area contributed by atoms with Crippen LogP contribution >= 0.6 is 0 Å². The van der Waals surface area contributed by atoms with E-state index in [-0.39, 0.29) is 0 Å². The average Bonchev–Trinajstić information content (AvgIpc) is 2.95. The maximum Gasteiger partial charge on any atom is 0.136 e. The van der Waals surface area contributed by atoms with Crippen molar-refractivity contribution in [3.05, 3.63) is 47.5 Å². The number of carbonyl (C=O) groups is 1. The zero-order valence-corrected chi connectivity index (χ0v) is 17.6. The molecule has 2 nitrogen and oxygen atoms in total. The molecule has 2 heteroatoms. The first kappa shape index (κ1) is 21.9. The van der Waals surface area contributed by atoms with E-state index >= 15 is 0 Å². The lowest BCUT2D eigenvalue weighted by Gasteiger charge is -2.18. The summed E-state index contributed by atoms with van der Waals surface area (Å²) in [4.78, 5) is 14.8. The molecule has 1 heterocycles. The summed E-state index contributed by atoms with van der Waals surface area (Å²) in [5.41, 5.74) is 2.90. The lowest BCUT2D eigenvalue weighted by molar-refractivity contribution is -0.118. The largest absolute Gasteiger partial charge is 0.303 e. The quantitative estimate of drug-likeness (QED) is 0.447. The molecule has 1 aliphatic heterocycles. The molecular formula is C25H39NO. The van der Waals surface area contributed by atoms with Crippen LogP contribution in [0.25, 0.3) is 0 Å². The number of carbonyl (C=O) groups excluding carboxylic acids is 1. The number of likely N-dealkylation sites (tertiary alicyclic amines) is 1. The minimum Gasteiger partial charge on any atom is -0.303 e. The Morgan fingerprint density at radius 2 is 1.78 bits per heavy atom. The monoisotopic (exact) mass is 369 g/mol. The molecule has 0 spiro atoms. The molecular weight excluding hydrogens is 330 g/mol. The minimum atomic E-state index is 0.386. The van der Waals surface area contributed by atoms with E-state index in [0.717, 1.165) is 32.2 Å². The Balaban J connectivity index is 1.59. The lowest BCUT2D eigenvalue weighted by atomic mass is 9.92. The number of ketones is 1.